The van der Waals surface area contributed by atoms with E-state index in [1.54, 1.807) is 32.3 Å². The smallest absolute Gasteiger partial charge is 0.253 e. The summed E-state index contributed by atoms with van der Waals surface area (Å²) in [6.07, 6.45) is 3.65. The topological polar surface area (TPSA) is 49.8 Å². The van der Waals surface area contributed by atoms with E-state index in [0.717, 1.165) is 25.7 Å². The highest BCUT2D eigenvalue weighted by atomic mass is 16.5. The van der Waals surface area contributed by atoms with Crippen molar-refractivity contribution in [2.75, 3.05) is 20.7 Å². The van der Waals surface area contributed by atoms with E-state index in [9.17, 15) is 9.90 Å². The van der Waals surface area contributed by atoms with Crippen LogP contribution in [-0.4, -0.2) is 42.2 Å². The zero-order valence-corrected chi connectivity index (χ0v) is 13.1. The van der Waals surface area contributed by atoms with Crippen LogP contribution >= 0.6 is 0 Å². The Labute approximate surface area is 126 Å². The van der Waals surface area contributed by atoms with Crippen LogP contribution in [0.5, 0.6) is 5.75 Å². The molecule has 0 spiro atoms. The first kappa shape index (κ1) is 15.8. The summed E-state index contributed by atoms with van der Waals surface area (Å²) in [5.74, 6) is 1.27. The molecule has 1 fully saturated rings. The number of hydrogen-bond donors (Lipinski definition) is 1. The molecule has 2 rings (SSSR count). The molecule has 4 heteroatoms. The summed E-state index contributed by atoms with van der Waals surface area (Å²) in [5.41, 5.74) is -0.129. The minimum Gasteiger partial charge on any atom is -0.491 e. The van der Waals surface area contributed by atoms with E-state index in [2.05, 4.69) is 6.92 Å². The van der Waals surface area contributed by atoms with Gasteiger partial charge < -0.3 is 14.7 Å². The van der Waals surface area contributed by atoms with Gasteiger partial charge in [0.1, 0.15) is 12.4 Å². The first-order chi connectivity index (χ1) is 9.89. The highest BCUT2D eigenvalue weighted by Gasteiger charge is 2.32. The summed E-state index contributed by atoms with van der Waals surface area (Å²) in [6, 6.07) is 7.13. The van der Waals surface area contributed by atoms with Crippen LogP contribution in [0, 0.1) is 5.92 Å². The Morgan fingerprint density at radius 3 is 2.67 bits per heavy atom. The summed E-state index contributed by atoms with van der Waals surface area (Å²) in [6.45, 7) is 2.51. The van der Waals surface area contributed by atoms with Gasteiger partial charge in [-0.15, -0.1) is 0 Å². The normalized spacial score (nSPS) is 25.4. The third-order valence-corrected chi connectivity index (χ3v) is 4.20. The molecular weight excluding hydrogens is 266 g/mol. The van der Waals surface area contributed by atoms with E-state index in [-0.39, 0.29) is 5.91 Å². The van der Waals surface area contributed by atoms with Crippen molar-refractivity contribution in [1.82, 2.24) is 4.90 Å². The number of benzene rings is 1. The average molecular weight is 291 g/mol. The van der Waals surface area contributed by atoms with Gasteiger partial charge in [0.2, 0.25) is 0 Å². The number of hydrogen-bond acceptors (Lipinski definition) is 3. The Balaban J connectivity index is 1.97. The number of amides is 1. The van der Waals surface area contributed by atoms with E-state index in [1.807, 2.05) is 6.07 Å². The average Bonchev–Trinajstić information content (AvgIpc) is 2.48. The van der Waals surface area contributed by atoms with Gasteiger partial charge in [-0.3, -0.25) is 4.79 Å². The van der Waals surface area contributed by atoms with Crippen molar-refractivity contribution in [2.45, 2.75) is 38.2 Å². The quantitative estimate of drug-likeness (QED) is 0.928. The minimum absolute atomic E-state index is 0.0503. The maximum Gasteiger partial charge on any atom is 0.253 e. The second-order valence-electron chi connectivity index (χ2n) is 6.42. The van der Waals surface area contributed by atoms with Crippen molar-refractivity contribution in [3.63, 3.8) is 0 Å². The Morgan fingerprint density at radius 1 is 1.38 bits per heavy atom. The van der Waals surface area contributed by atoms with Gasteiger partial charge in [0.05, 0.1) is 5.60 Å². The Kier molecular flexibility index (Phi) is 4.88. The van der Waals surface area contributed by atoms with Crippen LogP contribution in [0.4, 0.5) is 0 Å². The molecule has 0 bridgehead atoms. The summed E-state index contributed by atoms with van der Waals surface area (Å²) in [5, 5.41) is 10.5. The molecule has 0 atom stereocenters. The molecule has 0 aromatic heterocycles. The molecule has 0 radical (unpaired) electrons. The molecule has 0 heterocycles. The van der Waals surface area contributed by atoms with E-state index in [4.69, 9.17) is 4.74 Å². The fraction of sp³-hybridized carbons (Fsp3) is 0.588. The molecule has 1 amide bonds. The summed E-state index contributed by atoms with van der Waals surface area (Å²) in [7, 11) is 3.45. The zero-order valence-electron chi connectivity index (χ0n) is 13.1. The van der Waals surface area contributed by atoms with Gasteiger partial charge in [-0.2, -0.15) is 0 Å². The molecule has 1 N–H and O–H groups in total. The summed E-state index contributed by atoms with van der Waals surface area (Å²) in [4.78, 5) is 13.5. The predicted octanol–water partition coefficient (Wildman–Crippen LogP) is 2.71. The third kappa shape index (κ3) is 4.21. The van der Waals surface area contributed by atoms with Crippen molar-refractivity contribution in [3.8, 4) is 5.75 Å². The molecule has 1 aliphatic rings. The highest BCUT2D eigenvalue weighted by Crippen LogP contribution is 2.32. The van der Waals surface area contributed by atoms with Gasteiger partial charge in [0.15, 0.2) is 0 Å². The SMILES string of the molecule is CC1CCC(O)(COc2cccc(C(=O)N(C)C)c2)CC1. The van der Waals surface area contributed by atoms with Gasteiger partial charge in [0.25, 0.3) is 5.91 Å². The number of rotatable bonds is 4. The molecule has 116 valence electrons. The van der Waals surface area contributed by atoms with Crippen molar-refractivity contribution >= 4 is 5.91 Å². The van der Waals surface area contributed by atoms with Crippen LogP contribution in [0.1, 0.15) is 43.0 Å². The van der Waals surface area contributed by atoms with E-state index in [1.165, 1.54) is 4.90 Å². The molecule has 1 aliphatic carbocycles. The molecule has 1 saturated carbocycles. The fourth-order valence-corrected chi connectivity index (χ4v) is 2.64. The van der Waals surface area contributed by atoms with Gasteiger partial charge in [0, 0.05) is 19.7 Å². The standard InChI is InChI=1S/C17H25NO3/c1-13-7-9-17(20,10-8-13)12-21-15-6-4-5-14(11-15)16(19)18(2)3/h4-6,11,13,20H,7-10,12H2,1-3H3. The zero-order chi connectivity index (χ0) is 15.5. The van der Waals surface area contributed by atoms with Crippen LogP contribution in [0.15, 0.2) is 24.3 Å². The lowest BCUT2D eigenvalue weighted by molar-refractivity contribution is -0.0424. The number of carbonyl (C=O) groups is 1. The summed E-state index contributed by atoms with van der Waals surface area (Å²) < 4.78 is 5.73. The van der Waals surface area contributed by atoms with Gasteiger partial charge >= 0.3 is 0 Å². The minimum atomic E-state index is -0.728. The van der Waals surface area contributed by atoms with Crippen LogP contribution in [0.3, 0.4) is 0 Å². The Hall–Kier alpha value is -1.55. The monoisotopic (exact) mass is 291 g/mol. The highest BCUT2D eigenvalue weighted by molar-refractivity contribution is 5.94. The molecule has 0 saturated heterocycles. The molecule has 0 aliphatic heterocycles. The molecular formula is C17H25NO3. The van der Waals surface area contributed by atoms with Crippen LogP contribution < -0.4 is 4.74 Å². The summed E-state index contributed by atoms with van der Waals surface area (Å²) >= 11 is 0. The van der Waals surface area contributed by atoms with Crippen molar-refractivity contribution in [2.24, 2.45) is 5.92 Å². The number of nitrogens with zero attached hydrogens (tertiary/aromatic N) is 1. The Bertz CT molecular complexity index is 491. The van der Waals surface area contributed by atoms with E-state index in [0.29, 0.717) is 23.8 Å². The first-order valence-electron chi connectivity index (χ1n) is 7.56. The first-order valence-corrected chi connectivity index (χ1v) is 7.56. The van der Waals surface area contributed by atoms with E-state index < -0.39 is 5.60 Å². The third-order valence-electron chi connectivity index (χ3n) is 4.20. The lowest BCUT2D eigenvalue weighted by Crippen LogP contribution is -2.39. The molecule has 4 nitrogen and oxygen atoms in total. The maximum absolute atomic E-state index is 11.9. The van der Waals surface area contributed by atoms with Crippen LogP contribution in [0.2, 0.25) is 0 Å². The van der Waals surface area contributed by atoms with Crippen LogP contribution in [-0.2, 0) is 0 Å². The number of ether oxygens (including phenoxy) is 1. The maximum atomic E-state index is 11.9. The molecule has 1 aromatic carbocycles. The second-order valence-corrected chi connectivity index (χ2v) is 6.42. The second kappa shape index (κ2) is 6.48. The number of aliphatic hydroxyl groups is 1. The molecule has 0 unspecified atom stereocenters. The lowest BCUT2D eigenvalue weighted by Gasteiger charge is -2.34. The van der Waals surface area contributed by atoms with Gasteiger partial charge in [-0.05, 0) is 49.8 Å². The Morgan fingerprint density at radius 2 is 2.05 bits per heavy atom. The van der Waals surface area contributed by atoms with E-state index >= 15 is 0 Å². The van der Waals surface area contributed by atoms with Crippen molar-refractivity contribution < 1.29 is 14.6 Å². The van der Waals surface area contributed by atoms with Crippen LogP contribution in [0.25, 0.3) is 0 Å². The number of carbonyl (C=O) groups excluding carboxylic acids is 1. The predicted molar refractivity (Wildman–Crippen MR) is 82.5 cm³/mol. The van der Waals surface area contributed by atoms with Gasteiger partial charge in [-0.1, -0.05) is 13.0 Å². The van der Waals surface area contributed by atoms with Gasteiger partial charge in [-0.25, -0.2) is 0 Å². The largest absolute Gasteiger partial charge is 0.491 e. The lowest BCUT2D eigenvalue weighted by atomic mass is 9.80. The molecule has 21 heavy (non-hydrogen) atoms. The van der Waals surface area contributed by atoms with Crippen molar-refractivity contribution in [3.05, 3.63) is 29.8 Å². The fourth-order valence-electron chi connectivity index (χ4n) is 2.64. The molecule has 1 aromatic rings. The van der Waals surface area contributed by atoms with Crippen molar-refractivity contribution in [1.29, 1.82) is 0 Å².